The molecule has 4 nitrogen and oxygen atoms in total. The summed E-state index contributed by atoms with van der Waals surface area (Å²) in [6.07, 6.45) is -4.04. The van der Waals surface area contributed by atoms with Crippen molar-refractivity contribution in [1.82, 2.24) is 4.98 Å². The molecule has 0 amide bonds. The topological polar surface area (TPSA) is 62.4 Å². The number of rotatable bonds is 2. The third-order valence-corrected chi connectivity index (χ3v) is 4.07. The lowest BCUT2D eigenvalue weighted by molar-refractivity contribution is -0.137. The molecule has 19 heavy (non-hydrogen) atoms. The number of nitrogens with two attached hydrogens (primary N) is 1. The van der Waals surface area contributed by atoms with Crippen LogP contribution in [0.1, 0.15) is 5.56 Å². The molecular formula is C11H13F3IN3O. The van der Waals surface area contributed by atoms with Gasteiger partial charge >= 0.3 is 6.18 Å². The number of alkyl halides is 4. The average Bonchev–Trinajstić information content (AvgIpc) is 2.64. The smallest absolute Gasteiger partial charge is 0.389 e. The van der Waals surface area contributed by atoms with Gasteiger partial charge in [0.25, 0.3) is 0 Å². The molecule has 1 unspecified atom stereocenters. The van der Waals surface area contributed by atoms with Crippen LogP contribution in [0.25, 0.3) is 0 Å². The second-order valence-corrected chi connectivity index (χ2v) is 5.31. The Morgan fingerprint density at radius 1 is 1.53 bits per heavy atom. The van der Waals surface area contributed by atoms with Crippen LogP contribution in [0.15, 0.2) is 18.3 Å². The first-order valence-electron chi connectivity index (χ1n) is 5.64. The predicted molar refractivity (Wildman–Crippen MR) is 73.2 cm³/mol. The van der Waals surface area contributed by atoms with E-state index < -0.39 is 23.9 Å². The summed E-state index contributed by atoms with van der Waals surface area (Å²) in [6, 6.07) is 1.13. The fourth-order valence-electron chi connectivity index (χ4n) is 2.13. The standard InChI is InChI=1S/C11H13F3IN3O/c12-11(13,14)6-1-2-17-9(3-6)18-5-7(16)10(19)8(18)4-15/h1-3,7-8,10,19H,4-5,16H2/t7-,8-,10?/m1/s1. The first-order chi connectivity index (χ1) is 8.84. The Labute approximate surface area is 121 Å². The van der Waals surface area contributed by atoms with Crippen molar-refractivity contribution in [2.75, 3.05) is 15.9 Å². The highest BCUT2D eigenvalue weighted by Gasteiger charge is 2.39. The Hall–Kier alpha value is -0.610. The van der Waals surface area contributed by atoms with Gasteiger partial charge in [0, 0.05) is 17.2 Å². The highest BCUT2D eigenvalue weighted by atomic mass is 127. The van der Waals surface area contributed by atoms with Crippen LogP contribution in [0, 0.1) is 0 Å². The van der Waals surface area contributed by atoms with Crippen LogP contribution >= 0.6 is 22.6 Å². The molecule has 1 aliphatic rings. The molecule has 2 rings (SSSR count). The summed E-state index contributed by atoms with van der Waals surface area (Å²) in [5.41, 5.74) is 5.00. The van der Waals surface area contributed by atoms with E-state index in [0.29, 0.717) is 11.0 Å². The Bertz CT molecular complexity index is 457. The van der Waals surface area contributed by atoms with Gasteiger partial charge in [-0.15, -0.1) is 0 Å². The van der Waals surface area contributed by atoms with E-state index in [2.05, 4.69) is 27.6 Å². The maximum Gasteiger partial charge on any atom is 0.416 e. The Morgan fingerprint density at radius 3 is 2.79 bits per heavy atom. The van der Waals surface area contributed by atoms with Gasteiger partial charge in [-0.25, -0.2) is 4.98 Å². The van der Waals surface area contributed by atoms with E-state index in [1.807, 2.05) is 0 Å². The maximum atomic E-state index is 12.7. The molecule has 0 bridgehead atoms. The maximum absolute atomic E-state index is 12.7. The number of nitrogens with zero attached hydrogens (tertiary/aromatic N) is 2. The summed E-state index contributed by atoms with van der Waals surface area (Å²) in [5.74, 6) is 0.198. The summed E-state index contributed by atoms with van der Waals surface area (Å²) in [4.78, 5) is 5.59. The number of pyridine rings is 1. The van der Waals surface area contributed by atoms with E-state index in [1.54, 1.807) is 4.90 Å². The second-order valence-electron chi connectivity index (χ2n) is 4.43. The summed E-state index contributed by atoms with van der Waals surface area (Å²) < 4.78 is 38.6. The predicted octanol–water partition coefficient (Wildman–Crippen LogP) is 1.41. The van der Waals surface area contributed by atoms with Gasteiger partial charge in [0.05, 0.1) is 23.8 Å². The molecule has 3 atom stereocenters. The van der Waals surface area contributed by atoms with Crippen LogP contribution in [-0.4, -0.2) is 39.3 Å². The van der Waals surface area contributed by atoms with Crippen molar-refractivity contribution < 1.29 is 18.3 Å². The lowest BCUT2D eigenvalue weighted by atomic mass is 10.1. The summed E-state index contributed by atoms with van der Waals surface area (Å²) >= 11 is 2.07. The van der Waals surface area contributed by atoms with Gasteiger partial charge in [-0.05, 0) is 12.1 Å². The van der Waals surface area contributed by atoms with Gasteiger partial charge in [-0.3, -0.25) is 0 Å². The van der Waals surface area contributed by atoms with Gasteiger partial charge < -0.3 is 15.7 Å². The van der Waals surface area contributed by atoms with Crippen LogP contribution < -0.4 is 10.6 Å². The van der Waals surface area contributed by atoms with Crippen LogP contribution in [-0.2, 0) is 6.18 Å². The molecule has 1 aromatic rings. The SMILES string of the molecule is N[C@@H]1CN(c2cc(C(F)(F)F)ccn2)[C@H](CI)C1O. The minimum absolute atomic E-state index is 0.198. The lowest BCUT2D eigenvalue weighted by Gasteiger charge is -2.25. The van der Waals surface area contributed by atoms with Crippen molar-refractivity contribution in [2.45, 2.75) is 24.4 Å². The fourth-order valence-corrected chi connectivity index (χ4v) is 3.13. The molecule has 1 fully saturated rings. The molecule has 0 aliphatic carbocycles. The average molecular weight is 387 g/mol. The second kappa shape index (κ2) is 5.41. The van der Waals surface area contributed by atoms with Gasteiger partial charge in [-0.1, -0.05) is 22.6 Å². The molecule has 0 spiro atoms. The molecule has 8 heteroatoms. The highest BCUT2D eigenvalue weighted by molar-refractivity contribution is 14.1. The molecular weight excluding hydrogens is 374 g/mol. The van der Waals surface area contributed by atoms with Gasteiger partial charge in [0.15, 0.2) is 0 Å². The van der Waals surface area contributed by atoms with Crippen molar-refractivity contribution in [3.8, 4) is 0 Å². The molecule has 0 radical (unpaired) electrons. The monoisotopic (exact) mass is 387 g/mol. The van der Waals surface area contributed by atoms with E-state index in [0.717, 1.165) is 18.3 Å². The molecule has 1 saturated heterocycles. The van der Waals surface area contributed by atoms with Crippen molar-refractivity contribution in [2.24, 2.45) is 5.73 Å². The minimum Gasteiger partial charge on any atom is -0.389 e. The Kier molecular flexibility index (Phi) is 4.21. The lowest BCUT2D eigenvalue weighted by Crippen LogP contribution is -2.39. The molecule has 1 aliphatic heterocycles. The summed E-state index contributed by atoms with van der Waals surface area (Å²) in [6.45, 7) is 0.295. The van der Waals surface area contributed by atoms with Crippen molar-refractivity contribution >= 4 is 28.4 Å². The molecule has 0 aromatic carbocycles. The largest absolute Gasteiger partial charge is 0.416 e. The zero-order valence-corrected chi connectivity index (χ0v) is 12.0. The Balaban J connectivity index is 2.32. The van der Waals surface area contributed by atoms with Crippen LogP contribution in [0.5, 0.6) is 0 Å². The highest BCUT2D eigenvalue weighted by Crippen LogP contribution is 2.32. The quantitative estimate of drug-likeness (QED) is 0.595. The third kappa shape index (κ3) is 2.95. The van der Waals surface area contributed by atoms with E-state index in [4.69, 9.17) is 5.73 Å². The molecule has 0 saturated carbocycles. The van der Waals surface area contributed by atoms with E-state index in [1.165, 1.54) is 0 Å². The molecule has 106 valence electrons. The van der Waals surface area contributed by atoms with Crippen LogP contribution in [0.2, 0.25) is 0 Å². The normalized spacial score (nSPS) is 27.9. The molecule has 3 N–H and O–H groups in total. The van der Waals surface area contributed by atoms with Crippen molar-refractivity contribution in [1.29, 1.82) is 0 Å². The van der Waals surface area contributed by atoms with Crippen LogP contribution in [0.3, 0.4) is 0 Å². The Morgan fingerprint density at radius 2 is 2.21 bits per heavy atom. The number of hydrogen-bond acceptors (Lipinski definition) is 4. The number of aliphatic hydroxyl groups is 1. The zero-order chi connectivity index (χ0) is 14.2. The summed E-state index contributed by atoms with van der Waals surface area (Å²) in [7, 11) is 0. The third-order valence-electron chi connectivity index (χ3n) is 3.17. The number of halogens is 4. The molecule has 1 aromatic heterocycles. The van der Waals surface area contributed by atoms with Gasteiger partial charge in [-0.2, -0.15) is 13.2 Å². The minimum atomic E-state index is -4.40. The van der Waals surface area contributed by atoms with E-state index in [-0.39, 0.29) is 11.9 Å². The summed E-state index contributed by atoms with van der Waals surface area (Å²) in [5, 5.41) is 9.90. The number of hydrogen-bond donors (Lipinski definition) is 2. The van der Waals surface area contributed by atoms with Crippen LogP contribution in [0.4, 0.5) is 19.0 Å². The number of anilines is 1. The first-order valence-corrected chi connectivity index (χ1v) is 7.16. The van der Waals surface area contributed by atoms with Crippen molar-refractivity contribution in [3.63, 3.8) is 0 Å². The molecule has 2 heterocycles. The van der Waals surface area contributed by atoms with E-state index in [9.17, 15) is 18.3 Å². The number of aromatic nitrogens is 1. The fraction of sp³-hybridized carbons (Fsp3) is 0.545. The van der Waals surface area contributed by atoms with Gasteiger partial charge in [0.2, 0.25) is 0 Å². The van der Waals surface area contributed by atoms with E-state index >= 15 is 0 Å². The van der Waals surface area contributed by atoms with Crippen molar-refractivity contribution in [3.05, 3.63) is 23.9 Å². The number of aliphatic hydroxyl groups excluding tert-OH is 1. The van der Waals surface area contributed by atoms with Gasteiger partial charge in [0.1, 0.15) is 5.82 Å². The zero-order valence-electron chi connectivity index (χ0n) is 9.81. The first kappa shape index (κ1) is 14.8.